The SMILES string of the molecule is NCC[C@H](NC(=O)[C@H](CCN)NC(=O)CNC(=O)CNC(=O)CNC(=O)[C@H](CCC(=O)O)NC(=O)c1ccc(NCc2cnc3nc(N)[nH]c(=O)c3n2)cc1)C(N)=O. The summed E-state index contributed by atoms with van der Waals surface area (Å²) in [6.45, 7) is -1.64. The summed E-state index contributed by atoms with van der Waals surface area (Å²) in [7, 11) is 0. The van der Waals surface area contributed by atoms with Gasteiger partial charge in [0.05, 0.1) is 38.1 Å². The predicted octanol–water partition coefficient (Wildman–Crippen LogP) is -5.63. The molecule has 0 aliphatic heterocycles. The van der Waals surface area contributed by atoms with Crippen LogP contribution in [0.2, 0.25) is 0 Å². The van der Waals surface area contributed by atoms with Crippen molar-refractivity contribution in [3.05, 3.63) is 52.1 Å². The van der Waals surface area contributed by atoms with Crippen molar-refractivity contribution in [1.29, 1.82) is 0 Å². The summed E-state index contributed by atoms with van der Waals surface area (Å²) in [6.07, 6.45) is 0.678. The molecule has 7 amide bonds. The molecule has 0 spiro atoms. The molecule has 3 rings (SSSR count). The van der Waals surface area contributed by atoms with Gasteiger partial charge in [0.25, 0.3) is 11.5 Å². The Bertz CT molecular complexity index is 2040. The molecule has 25 nitrogen and oxygen atoms in total. The molecule has 0 unspecified atom stereocenters. The molecule has 0 bridgehead atoms. The van der Waals surface area contributed by atoms with Gasteiger partial charge in [0.1, 0.15) is 18.1 Å². The van der Waals surface area contributed by atoms with Crippen molar-refractivity contribution in [3.63, 3.8) is 0 Å². The number of nitrogens with two attached hydrogens (primary N) is 4. The van der Waals surface area contributed by atoms with E-state index in [1.54, 1.807) is 12.1 Å². The minimum Gasteiger partial charge on any atom is -0.481 e. The van der Waals surface area contributed by atoms with E-state index >= 15 is 0 Å². The van der Waals surface area contributed by atoms with Crippen LogP contribution in [0.15, 0.2) is 35.3 Å². The fraction of sp³-hybridized carbons (Fsp3) is 0.394. The number of hydrogen-bond donors (Lipinski definition) is 13. The molecule has 17 N–H and O–H groups in total. The lowest BCUT2D eigenvalue weighted by Crippen LogP contribution is -2.55. The van der Waals surface area contributed by atoms with Crippen LogP contribution in [0.25, 0.3) is 11.2 Å². The second-order valence-electron chi connectivity index (χ2n) is 12.4. The Morgan fingerprint density at radius 2 is 1.34 bits per heavy atom. The molecule has 58 heavy (non-hydrogen) atoms. The van der Waals surface area contributed by atoms with E-state index in [0.717, 1.165) is 0 Å². The lowest BCUT2D eigenvalue weighted by Gasteiger charge is -2.21. The first-order chi connectivity index (χ1) is 27.6. The van der Waals surface area contributed by atoms with Gasteiger partial charge in [-0.25, -0.2) is 9.97 Å². The second kappa shape index (κ2) is 22.3. The highest BCUT2D eigenvalue weighted by Crippen LogP contribution is 2.12. The molecule has 1 aromatic carbocycles. The van der Waals surface area contributed by atoms with Gasteiger partial charge in [-0.05, 0) is 56.6 Å². The molecule has 3 atom stereocenters. The number of carboxylic acids is 1. The van der Waals surface area contributed by atoms with E-state index in [4.69, 9.17) is 28.0 Å². The number of primary amides is 1. The van der Waals surface area contributed by atoms with Crippen molar-refractivity contribution < 1.29 is 43.5 Å². The number of carboxylic acid groups (broad SMARTS) is 1. The number of carbonyl (C=O) groups is 8. The zero-order chi connectivity index (χ0) is 42.8. The average Bonchev–Trinajstić information content (AvgIpc) is 3.18. The standard InChI is InChI=1S/C33H45N15O10/c34-9-7-19(27(36)54)45-31(57)21(8-10-35)44-24(51)15-40-22(49)13-39-23(50)14-42-30(56)20(5-6-25(52)53)46-29(55)16-1-3-17(4-2-16)38-11-18-12-41-28-26(43-18)32(58)48-33(37)47-28/h1-4,12,19-21,38H,5-11,13-15,34-35H2,(H2,36,54)(H,39,50)(H,40,49)(H,42,56)(H,44,51)(H,45,57)(H,46,55)(H,52,53)(H3,37,41,47,48,58)/t19-,20-,21-/m0/s1. The molecule has 0 saturated carbocycles. The number of hydrogen-bond acceptors (Lipinski definition) is 16. The summed E-state index contributed by atoms with van der Waals surface area (Å²) < 4.78 is 0. The van der Waals surface area contributed by atoms with Crippen molar-refractivity contribution >= 4 is 70.1 Å². The van der Waals surface area contributed by atoms with Gasteiger partial charge in [0.15, 0.2) is 11.2 Å². The maximum Gasteiger partial charge on any atom is 0.303 e. The minimum atomic E-state index is -1.36. The number of aromatic amines is 1. The summed E-state index contributed by atoms with van der Waals surface area (Å²) in [5, 5.41) is 26.2. The van der Waals surface area contributed by atoms with Crippen LogP contribution in [-0.2, 0) is 40.1 Å². The Balaban J connectivity index is 1.45. The van der Waals surface area contributed by atoms with Crippen LogP contribution in [0.5, 0.6) is 0 Å². The number of nitrogen functional groups attached to an aromatic ring is 1. The van der Waals surface area contributed by atoms with Crippen molar-refractivity contribution in [3.8, 4) is 0 Å². The molecular weight excluding hydrogens is 766 g/mol. The van der Waals surface area contributed by atoms with Gasteiger partial charge in [0, 0.05) is 17.7 Å². The van der Waals surface area contributed by atoms with Crippen molar-refractivity contribution in [2.24, 2.45) is 17.2 Å². The molecule has 25 heteroatoms. The van der Waals surface area contributed by atoms with Crippen LogP contribution in [0.1, 0.15) is 41.7 Å². The average molecular weight is 812 g/mol. The molecular formula is C33H45N15O10. The third-order valence-corrected chi connectivity index (χ3v) is 7.91. The van der Waals surface area contributed by atoms with Gasteiger partial charge >= 0.3 is 5.97 Å². The summed E-state index contributed by atoms with van der Waals surface area (Å²) in [4.78, 5) is 125. The van der Waals surface area contributed by atoms with E-state index in [0.29, 0.717) is 11.4 Å². The second-order valence-corrected chi connectivity index (χ2v) is 12.4. The Kier molecular flexibility index (Phi) is 17.4. The van der Waals surface area contributed by atoms with E-state index in [-0.39, 0.29) is 61.6 Å². The molecule has 312 valence electrons. The number of nitrogens with zero attached hydrogens (tertiary/aromatic N) is 3. The summed E-state index contributed by atoms with van der Waals surface area (Å²) in [5.74, 6) is -6.89. The number of amides is 7. The number of aliphatic carboxylic acids is 1. The third-order valence-electron chi connectivity index (χ3n) is 7.91. The molecule has 0 fully saturated rings. The number of fused-ring (bicyclic) bond motifs is 1. The monoisotopic (exact) mass is 811 g/mol. The predicted molar refractivity (Wildman–Crippen MR) is 204 cm³/mol. The molecule has 2 heterocycles. The molecule has 3 aromatic rings. The van der Waals surface area contributed by atoms with Crippen LogP contribution < -0.4 is 65.7 Å². The topological polar surface area (TPSA) is 417 Å². The van der Waals surface area contributed by atoms with Crippen LogP contribution in [0, 0.1) is 0 Å². The van der Waals surface area contributed by atoms with Crippen LogP contribution in [0.3, 0.4) is 0 Å². The van der Waals surface area contributed by atoms with Gasteiger partial charge in [0.2, 0.25) is 41.4 Å². The van der Waals surface area contributed by atoms with E-state index in [1.807, 2.05) is 0 Å². The molecule has 0 aliphatic rings. The zero-order valence-corrected chi connectivity index (χ0v) is 31.0. The fourth-order valence-electron chi connectivity index (χ4n) is 4.95. The van der Waals surface area contributed by atoms with Gasteiger partial charge in [-0.1, -0.05) is 0 Å². The first-order valence-electron chi connectivity index (χ1n) is 17.6. The Morgan fingerprint density at radius 3 is 1.97 bits per heavy atom. The van der Waals surface area contributed by atoms with Crippen molar-refractivity contribution in [1.82, 2.24) is 51.8 Å². The van der Waals surface area contributed by atoms with Gasteiger partial charge in [-0.3, -0.25) is 48.1 Å². The number of nitrogens with one attached hydrogen (secondary N) is 8. The van der Waals surface area contributed by atoms with E-state index in [2.05, 4.69) is 57.2 Å². The van der Waals surface area contributed by atoms with E-state index in [1.165, 1.54) is 18.3 Å². The van der Waals surface area contributed by atoms with Crippen LogP contribution in [-0.4, -0.2) is 123 Å². The third kappa shape index (κ3) is 14.8. The number of carbonyl (C=O) groups excluding carboxylic acids is 7. The largest absolute Gasteiger partial charge is 0.481 e. The maximum absolute atomic E-state index is 13.0. The highest BCUT2D eigenvalue weighted by atomic mass is 16.4. The van der Waals surface area contributed by atoms with E-state index in [9.17, 15) is 43.2 Å². The van der Waals surface area contributed by atoms with Gasteiger partial charge in [-0.15, -0.1) is 0 Å². The lowest BCUT2D eigenvalue weighted by atomic mass is 10.1. The minimum absolute atomic E-state index is 0.000214. The Morgan fingerprint density at radius 1 is 0.741 bits per heavy atom. The number of H-pyrrole nitrogens is 1. The van der Waals surface area contributed by atoms with Gasteiger partial charge < -0.3 is 65.3 Å². The molecule has 2 aromatic heterocycles. The molecule has 0 radical (unpaired) electrons. The van der Waals surface area contributed by atoms with Crippen LogP contribution >= 0.6 is 0 Å². The summed E-state index contributed by atoms with van der Waals surface area (Å²) >= 11 is 0. The number of anilines is 2. The molecule has 0 saturated heterocycles. The highest BCUT2D eigenvalue weighted by Gasteiger charge is 2.26. The lowest BCUT2D eigenvalue weighted by molar-refractivity contribution is -0.137. The van der Waals surface area contributed by atoms with Crippen molar-refractivity contribution in [2.45, 2.75) is 50.4 Å². The quantitative estimate of drug-likeness (QED) is 0.0424. The normalized spacial score (nSPS) is 12.2. The number of aromatic nitrogens is 4. The number of benzene rings is 1. The summed E-state index contributed by atoms with van der Waals surface area (Å²) in [5.41, 5.74) is 22.4. The zero-order valence-electron chi connectivity index (χ0n) is 31.0. The van der Waals surface area contributed by atoms with Crippen molar-refractivity contribution in [2.75, 3.05) is 43.8 Å². The first kappa shape index (κ1) is 45.1. The number of rotatable bonds is 23. The fourth-order valence-corrected chi connectivity index (χ4v) is 4.95. The Hall–Kier alpha value is -7.28. The first-order valence-corrected chi connectivity index (χ1v) is 17.6. The highest BCUT2D eigenvalue weighted by molar-refractivity contribution is 5.98. The van der Waals surface area contributed by atoms with Gasteiger partial charge in [-0.2, -0.15) is 4.98 Å². The smallest absolute Gasteiger partial charge is 0.303 e. The van der Waals surface area contributed by atoms with Crippen LogP contribution in [0.4, 0.5) is 11.6 Å². The Labute approximate surface area is 328 Å². The van der Waals surface area contributed by atoms with E-state index < -0.39 is 97.1 Å². The molecule has 0 aliphatic carbocycles. The maximum atomic E-state index is 13.0. The summed E-state index contributed by atoms with van der Waals surface area (Å²) in [6, 6.07) is 2.43.